The molecular weight excluding hydrogens is 1900 g/mol. The van der Waals surface area contributed by atoms with E-state index in [-0.39, 0.29) is 46.7 Å². The zero-order valence-electron chi connectivity index (χ0n) is 81.8. The fraction of sp³-hybridized carbons (Fsp3) is 0.0973. The van der Waals surface area contributed by atoms with Crippen molar-refractivity contribution in [3.63, 3.8) is 0 Å². The summed E-state index contributed by atoms with van der Waals surface area (Å²) in [4.78, 5) is 131. The summed E-state index contributed by atoms with van der Waals surface area (Å²) in [6.45, 7) is 11.6. The number of carbonyl (C=O) groups is 6. The molecule has 0 saturated carbocycles. The van der Waals surface area contributed by atoms with Gasteiger partial charge in [-0.15, -0.1) is 0 Å². The maximum absolute atomic E-state index is 14.0. The van der Waals surface area contributed by atoms with E-state index >= 15 is 0 Å². The second kappa shape index (κ2) is 52.1. The number of halogens is 4. The lowest BCUT2D eigenvalue weighted by molar-refractivity contribution is 0.101. The molecule has 0 aliphatic rings. The van der Waals surface area contributed by atoms with E-state index in [1.807, 2.05) is 253 Å². The summed E-state index contributed by atoms with van der Waals surface area (Å²) in [6, 6.07) is 78.9. The molecular formula is C113H101Cl2F2N23O7. The highest BCUT2D eigenvalue weighted by atomic mass is 35.5. The highest BCUT2D eigenvalue weighted by molar-refractivity contribution is 6.34. The van der Waals surface area contributed by atoms with Crippen molar-refractivity contribution in [2.45, 2.75) is 41.5 Å². The fourth-order valence-electron chi connectivity index (χ4n) is 14.2. The minimum Gasteiger partial charge on any atom is -0.454 e. The number of nitrogens with zero attached hydrogens (tertiary/aromatic N) is 17. The van der Waals surface area contributed by atoms with E-state index in [2.05, 4.69) is 91.7 Å². The first kappa shape index (κ1) is 106. The van der Waals surface area contributed by atoms with Gasteiger partial charge in [-0.25, -0.2) is 58.6 Å². The number of anilines is 16. The van der Waals surface area contributed by atoms with E-state index in [0.717, 1.165) is 90.3 Å². The van der Waals surface area contributed by atoms with Crippen molar-refractivity contribution in [3.8, 4) is 11.5 Å². The van der Waals surface area contributed by atoms with Gasteiger partial charge in [0.15, 0.2) is 5.75 Å². The molecule has 0 radical (unpaired) electrons. The second-order valence-corrected chi connectivity index (χ2v) is 34.0. The van der Waals surface area contributed by atoms with Crippen LogP contribution in [0.1, 0.15) is 95.7 Å². The van der Waals surface area contributed by atoms with Crippen molar-refractivity contribution < 1.29 is 42.3 Å². The van der Waals surface area contributed by atoms with Crippen molar-refractivity contribution >= 4 is 150 Å². The topological polar surface area (TPSA) is 355 Å². The number of ether oxygens (including phenoxy) is 1. The predicted molar refractivity (Wildman–Crippen MR) is 576 cm³/mol. The number of carbonyl (C=O) groups excluding carboxylic acids is 6. The molecule has 11 aromatic carbocycles. The monoisotopic (exact) mass is 2000 g/mol. The molecule has 0 aliphatic heterocycles. The van der Waals surface area contributed by atoms with E-state index in [9.17, 15) is 37.5 Å². The summed E-state index contributed by atoms with van der Waals surface area (Å²) in [5, 5.41) is 18.2. The number of aromatic nitrogens is 12. The standard InChI is InChI=1S/C20H19N3O.2C19H17ClN4O.C19H17FN4O.C19H18N4O.C17H13FN4O2/c1-15-6-3-7-16(12-15)20(24)22-17-8-4-9-18(13-17)23(2)19-10-5-11-21-14-19;2*1-13-4-3-5-14(8-13)19(25)23-15-6-7-17(20)18(9-15)24(2)16-10-21-12-22-11-16;1-13-4-3-5-14(6-13)19(25)23-16-7-15(20)8-17(9-16)24(2)18-10-21-12-22-11-18;1-14-5-3-6-15(9-14)19(24)22-16-7-4-8-17(10-16)23(2)18-11-20-13-21-12-18;1-11-2-3-21-16(4-11)17(23)22-13-5-12(18)6-14(7-13)24-15-8-19-10-20-9-15/h3-14H,1-2H3,(H,22,24);3*3-12H,1-2H3,(H,23,25);3-13H,1-2H3,(H,22,24);2-10H,1H3,(H,22,23). The van der Waals surface area contributed by atoms with Crippen molar-refractivity contribution in [1.29, 1.82) is 0 Å². The minimum atomic E-state index is -0.545. The van der Waals surface area contributed by atoms with E-state index in [1.54, 1.807) is 153 Å². The predicted octanol–water partition coefficient (Wildman–Crippen LogP) is 24.4. The van der Waals surface area contributed by atoms with Crippen molar-refractivity contribution in [2.75, 3.05) is 91.6 Å². The van der Waals surface area contributed by atoms with Crippen LogP contribution in [0.3, 0.4) is 0 Å². The van der Waals surface area contributed by atoms with E-state index in [4.69, 9.17) is 27.9 Å². The van der Waals surface area contributed by atoms with E-state index in [1.165, 1.54) is 74.4 Å². The molecule has 147 heavy (non-hydrogen) atoms. The van der Waals surface area contributed by atoms with E-state index in [0.29, 0.717) is 72.0 Å². The second-order valence-electron chi connectivity index (χ2n) is 33.2. The number of hydrogen-bond acceptors (Lipinski definition) is 24. The van der Waals surface area contributed by atoms with Gasteiger partial charge >= 0.3 is 0 Å². The van der Waals surface area contributed by atoms with Gasteiger partial charge in [-0.2, -0.15) is 0 Å². The summed E-state index contributed by atoms with van der Waals surface area (Å²) < 4.78 is 33.3. The third-order valence-electron chi connectivity index (χ3n) is 21.9. The largest absolute Gasteiger partial charge is 0.454 e. The van der Waals surface area contributed by atoms with Gasteiger partial charge < -0.3 is 61.1 Å². The molecule has 738 valence electrons. The van der Waals surface area contributed by atoms with Gasteiger partial charge in [0.2, 0.25) is 0 Å². The van der Waals surface area contributed by atoms with Gasteiger partial charge in [-0.05, 0) is 229 Å². The van der Waals surface area contributed by atoms with Crippen LogP contribution in [-0.2, 0) is 0 Å². The molecule has 30 nitrogen and oxygen atoms in total. The molecule has 7 heterocycles. The van der Waals surface area contributed by atoms with Crippen LogP contribution in [0.15, 0.2) is 379 Å². The van der Waals surface area contributed by atoms with Crippen molar-refractivity contribution in [1.82, 2.24) is 59.8 Å². The lowest BCUT2D eigenvalue weighted by Gasteiger charge is -2.20. The van der Waals surface area contributed by atoms with Crippen LogP contribution < -0.4 is 61.1 Å². The summed E-state index contributed by atoms with van der Waals surface area (Å²) >= 11 is 12.6. The molecule has 18 aromatic rings. The van der Waals surface area contributed by atoms with Gasteiger partial charge in [-0.3, -0.25) is 38.7 Å². The number of pyridine rings is 2. The quantitative estimate of drug-likeness (QED) is 0.0327. The number of amides is 6. The van der Waals surface area contributed by atoms with Crippen molar-refractivity contribution in [2.24, 2.45) is 0 Å². The van der Waals surface area contributed by atoms with Gasteiger partial charge in [0.1, 0.15) is 54.7 Å². The average molecular weight is 2000 g/mol. The molecule has 34 heteroatoms. The molecule has 0 unspecified atom stereocenters. The van der Waals surface area contributed by atoms with Crippen LogP contribution in [-0.4, -0.2) is 130 Å². The van der Waals surface area contributed by atoms with Crippen LogP contribution in [0.2, 0.25) is 10.0 Å². The lowest BCUT2D eigenvalue weighted by atomic mass is 10.1. The Labute approximate surface area is 858 Å². The molecule has 0 bridgehead atoms. The molecule has 0 aliphatic carbocycles. The summed E-state index contributed by atoms with van der Waals surface area (Å²) in [7, 11) is 9.41. The van der Waals surface area contributed by atoms with Crippen LogP contribution in [0.5, 0.6) is 11.5 Å². The Morgan fingerprint density at radius 3 is 0.932 bits per heavy atom. The smallest absolute Gasteiger partial charge is 0.274 e. The Hall–Kier alpha value is -18.8. The van der Waals surface area contributed by atoms with Gasteiger partial charge in [0, 0.05) is 139 Å². The molecule has 0 fully saturated rings. The molecule has 0 saturated heterocycles. The maximum Gasteiger partial charge on any atom is 0.274 e. The Kier molecular flexibility index (Phi) is 37.4. The van der Waals surface area contributed by atoms with Crippen LogP contribution >= 0.6 is 23.2 Å². The molecule has 6 amide bonds. The van der Waals surface area contributed by atoms with Crippen LogP contribution in [0.25, 0.3) is 0 Å². The fourth-order valence-corrected chi connectivity index (χ4v) is 14.7. The molecule has 0 spiro atoms. The zero-order chi connectivity index (χ0) is 104. The normalized spacial score (nSPS) is 10.3. The number of nitrogens with one attached hydrogen (secondary N) is 6. The Bertz CT molecular complexity index is 7270. The lowest BCUT2D eigenvalue weighted by Crippen LogP contribution is -2.14. The zero-order valence-corrected chi connectivity index (χ0v) is 83.3. The summed E-state index contributed by atoms with van der Waals surface area (Å²) in [5.41, 5.74) is 21.0. The third kappa shape index (κ3) is 31.6. The first-order valence-electron chi connectivity index (χ1n) is 45.5. The molecule has 18 rings (SSSR count). The first-order valence-corrected chi connectivity index (χ1v) is 46.3. The Balaban J connectivity index is 0.000000147. The average Bonchev–Trinajstić information content (AvgIpc) is 0.824. The molecule has 7 aromatic heterocycles. The van der Waals surface area contributed by atoms with E-state index < -0.39 is 17.5 Å². The molecule has 6 N–H and O–H groups in total. The number of benzene rings is 11. The Morgan fingerprint density at radius 2 is 0.558 bits per heavy atom. The van der Waals surface area contributed by atoms with Crippen molar-refractivity contribution in [3.05, 3.63) is 468 Å². The number of hydrogen-bond donors (Lipinski definition) is 6. The third-order valence-corrected chi connectivity index (χ3v) is 22.5. The van der Waals surface area contributed by atoms with Gasteiger partial charge in [-0.1, -0.05) is 124 Å². The van der Waals surface area contributed by atoms with Crippen LogP contribution in [0.4, 0.5) is 99.8 Å². The Morgan fingerprint density at radius 1 is 0.252 bits per heavy atom. The van der Waals surface area contributed by atoms with Gasteiger partial charge in [0.25, 0.3) is 35.4 Å². The number of aryl methyl sites for hydroxylation is 6. The maximum atomic E-state index is 14.0. The number of rotatable bonds is 24. The summed E-state index contributed by atoms with van der Waals surface area (Å²) in [5.74, 6) is -1.69. The first-order chi connectivity index (χ1) is 71.0. The highest BCUT2D eigenvalue weighted by Crippen LogP contribution is 2.37. The minimum absolute atomic E-state index is 0.111. The van der Waals surface area contributed by atoms with Crippen LogP contribution in [0, 0.1) is 53.2 Å². The summed E-state index contributed by atoms with van der Waals surface area (Å²) in [6.07, 6.45) is 28.7. The SMILES string of the molecule is Cc1cccc(C(=O)Nc2cc(F)cc(N(C)c3cncnc3)c2)c1.Cc1cccc(C(=O)Nc2ccc(Cl)c(N(C)c3cncnc3)c2)c1.Cc1cccc(C(=O)Nc2ccc(Cl)c(N(C)c3cncnc3)c2)c1.Cc1cccc(C(=O)Nc2cccc(N(C)c3cccnc3)c2)c1.Cc1cccc(C(=O)Nc2cccc(N(C)c3cncnc3)c2)c1.Cc1ccnc(C(=O)Nc2cc(F)cc(Oc3cncnc3)c2)c1. The molecule has 0 atom stereocenters. The highest BCUT2D eigenvalue weighted by Gasteiger charge is 2.20. The van der Waals surface area contributed by atoms with Gasteiger partial charge in [0.05, 0.1) is 118 Å².